The Morgan fingerprint density at radius 3 is 2.03 bits per heavy atom. The third-order valence-corrected chi connectivity index (χ3v) is 6.56. The van der Waals surface area contributed by atoms with Crippen LogP contribution in [0, 0.1) is 0 Å². The first-order valence-electron chi connectivity index (χ1n) is 10.9. The number of hydrogen-bond donors (Lipinski definition) is 0. The third kappa shape index (κ3) is 3.19. The number of aromatic nitrogens is 6. The van der Waals surface area contributed by atoms with E-state index in [2.05, 4.69) is 9.98 Å². The predicted molar refractivity (Wildman–Crippen MR) is 131 cm³/mol. The summed E-state index contributed by atoms with van der Waals surface area (Å²) in [6.07, 6.45) is 3.29. The molecular formula is C22H30N8O4. The van der Waals surface area contributed by atoms with Crippen molar-refractivity contribution in [3.05, 3.63) is 48.0 Å². The average Bonchev–Trinajstić information content (AvgIpc) is 3.11. The molecule has 0 fully saturated rings. The number of aryl methyl sites for hydroxylation is 2. The number of fused-ring (bicyclic) bond motifs is 2. The summed E-state index contributed by atoms with van der Waals surface area (Å²) in [5, 5.41) is 0. The summed E-state index contributed by atoms with van der Waals surface area (Å²) < 4.78 is 6.65. The van der Waals surface area contributed by atoms with Gasteiger partial charge in [-0.25, -0.2) is 19.6 Å². The Bertz CT molecular complexity index is 1590. The number of aliphatic imine (C=N–C) groups is 1. The van der Waals surface area contributed by atoms with Gasteiger partial charge in [-0.15, -0.1) is 0 Å². The Morgan fingerprint density at radius 2 is 1.41 bits per heavy atom. The molecule has 0 saturated carbocycles. The molecule has 4 heterocycles. The summed E-state index contributed by atoms with van der Waals surface area (Å²) in [6, 6.07) is 0. The van der Waals surface area contributed by atoms with Crippen molar-refractivity contribution in [3.63, 3.8) is 0 Å². The van der Waals surface area contributed by atoms with Crippen molar-refractivity contribution in [2.45, 2.75) is 45.2 Å². The number of nitrogens with zero attached hydrogens (tertiary/aromatic N) is 8. The summed E-state index contributed by atoms with van der Waals surface area (Å²) in [5.74, 6) is 0.307. The molecule has 4 rings (SSSR count). The SMILES string of the molecule is CN1CC=Nc2c1c(=O)n(C(C)(C)CC(C)(C)n1c(=O)c3c(ncn3C)n(C)c1=O)c(=O)n2C. The van der Waals surface area contributed by atoms with Crippen molar-refractivity contribution in [2.24, 2.45) is 26.1 Å². The maximum absolute atomic E-state index is 13.5. The lowest BCUT2D eigenvalue weighted by Gasteiger charge is -2.37. The molecule has 0 radical (unpaired) electrons. The Labute approximate surface area is 195 Å². The van der Waals surface area contributed by atoms with Crippen molar-refractivity contribution in [2.75, 3.05) is 18.5 Å². The lowest BCUT2D eigenvalue weighted by molar-refractivity contribution is 0.179. The minimum Gasteiger partial charge on any atom is -0.362 e. The average molecular weight is 471 g/mol. The highest BCUT2D eigenvalue weighted by Crippen LogP contribution is 2.31. The second-order valence-corrected chi connectivity index (χ2v) is 10.2. The first-order chi connectivity index (χ1) is 15.7. The lowest BCUT2D eigenvalue weighted by Crippen LogP contribution is -2.55. The van der Waals surface area contributed by atoms with Gasteiger partial charge in [0.25, 0.3) is 11.1 Å². The Morgan fingerprint density at radius 1 is 0.853 bits per heavy atom. The number of imidazole rings is 1. The van der Waals surface area contributed by atoms with Gasteiger partial charge in [0.15, 0.2) is 17.0 Å². The van der Waals surface area contributed by atoms with Gasteiger partial charge in [0.05, 0.1) is 12.9 Å². The van der Waals surface area contributed by atoms with Crippen molar-refractivity contribution >= 4 is 28.9 Å². The van der Waals surface area contributed by atoms with Crippen LogP contribution in [0.25, 0.3) is 11.2 Å². The van der Waals surface area contributed by atoms with E-state index in [-0.39, 0.29) is 6.42 Å². The van der Waals surface area contributed by atoms with Crippen LogP contribution in [0.1, 0.15) is 34.1 Å². The molecule has 0 amide bonds. The van der Waals surface area contributed by atoms with Gasteiger partial charge in [-0.3, -0.25) is 27.9 Å². The molecular weight excluding hydrogens is 440 g/mol. The van der Waals surface area contributed by atoms with E-state index in [1.807, 2.05) is 0 Å². The highest BCUT2D eigenvalue weighted by Gasteiger charge is 2.38. The largest absolute Gasteiger partial charge is 0.362 e. The van der Waals surface area contributed by atoms with Crippen LogP contribution >= 0.6 is 0 Å². The minimum atomic E-state index is -1.04. The van der Waals surface area contributed by atoms with Gasteiger partial charge in [-0.2, -0.15) is 0 Å². The highest BCUT2D eigenvalue weighted by atomic mass is 16.2. The van der Waals surface area contributed by atoms with Crippen LogP contribution in [0.3, 0.4) is 0 Å². The maximum atomic E-state index is 13.5. The van der Waals surface area contributed by atoms with E-state index in [0.717, 1.165) is 0 Å². The van der Waals surface area contributed by atoms with Crippen molar-refractivity contribution in [1.82, 2.24) is 27.8 Å². The molecule has 0 atom stereocenters. The standard InChI is InChI=1S/C22H30N8O4/c1-21(2,29-17(31)13-15(27(7)19(29)33)23-9-10-25(13)5)11-22(3,4)30-18(32)14-16(24-12-26(14)6)28(8)20(30)34/h9,12H,10-11H2,1-8H3. The van der Waals surface area contributed by atoms with E-state index in [1.54, 1.807) is 71.6 Å². The van der Waals surface area contributed by atoms with E-state index < -0.39 is 33.6 Å². The predicted octanol–water partition coefficient (Wildman–Crippen LogP) is 0.00670. The first kappa shape index (κ1) is 23.5. The van der Waals surface area contributed by atoms with Crippen LogP contribution in [0.4, 0.5) is 11.5 Å². The molecule has 0 aliphatic carbocycles. The monoisotopic (exact) mass is 470 g/mol. The van der Waals surface area contributed by atoms with E-state index in [4.69, 9.17) is 0 Å². The normalized spacial score (nSPS) is 14.2. The first-order valence-corrected chi connectivity index (χ1v) is 10.9. The molecule has 0 saturated heterocycles. The Kier molecular flexibility index (Phi) is 5.11. The molecule has 1 aliphatic rings. The molecule has 1 aliphatic heterocycles. The second kappa shape index (κ2) is 7.40. The third-order valence-electron chi connectivity index (χ3n) is 6.56. The minimum absolute atomic E-state index is 0.152. The fourth-order valence-corrected chi connectivity index (χ4v) is 5.14. The van der Waals surface area contributed by atoms with Gasteiger partial charge < -0.3 is 9.47 Å². The van der Waals surface area contributed by atoms with Crippen LogP contribution in [-0.4, -0.2) is 47.6 Å². The lowest BCUT2D eigenvalue weighted by atomic mass is 9.86. The summed E-state index contributed by atoms with van der Waals surface area (Å²) in [4.78, 5) is 63.6. The second-order valence-electron chi connectivity index (χ2n) is 10.2. The van der Waals surface area contributed by atoms with Gasteiger partial charge in [-0.1, -0.05) is 0 Å². The van der Waals surface area contributed by atoms with Crippen LogP contribution < -0.4 is 27.4 Å². The molecule has 12 heteroatoms. The van der Waals surface area contributed by atoms with E-state index in [9.17, 15) is 19.2 Å². The zero-order chi connectivity index (χ0) is 25.3. The maximum Gasteiger partial charge on any atom is 0.332 e. The molecule has 0 spiro atoms. The molecule has 3 aromatic rings. The van der Waals surface area contributed by atoms with Crippen LogP contribution in [0.2, 0.25) is 0 Å². The van der Waals surface area contributed by atoms with Gasteiger partial charge in [0.2, 0.25) is 0 Å². The van der Waals surface area contributed by atoms with Crippen molar-refractivity contribution < 1.29 is 0 Å². The van der Waals surface area contributed by atoms with Crippen LogP contribution in [-0.2, 0) is 32.2 Å². The van der Waals surface area contributed by atoms with Gasteiger partial charge in [0, 0.05) is 45.5 Å². The Hall–Kier alpha value is -3.70. The van der Waals surface area contributed by atoms with E-state index in [0.29, 0.717) is 29.2 Å². The highest BCUT2D eigenvalue weighted by molar-refractivity contribution is 5.79. The topological polar surface area (TPSA) is 121 Å². The molecule has 0 bridgehead atoms. The summed E-state index contributed by atoms with van der Waals surface area (Å²) in [6.45, 7) is 7.47. The van der Waals surface area contributed by atoms with Gasteiger partial charge in [0.1, 0.15) is 5.69 Å². The summed E-state index contributed by atoms with van der Waals surface area (Å²) >= 11 is 0. The number of anilines is 1. The molecule has 12 nitrogen and oxygen atoms in total. The van der Waals surface area contributed by atoms with Gasteiger partial charge >= 0.3 is 11.4 Å². The molecule has 0 aromatic carbocycles. The van der Waals surface area contributed by atoms with Crippen LogP contribution in [0.5, 0.6) is 0 Å². The van der Waals surface area contributed by atoms with Crippen LogP contribution in [0.15, 0.2) is 30.5 Å². The fourth-order valence-electron chi connectivity index (χ4n) is 5.14. The smallest absolute Gasteiger partial charge is 0.332 e. The molecule has 0 N–H and O–H groups in total. The zero-order valence-corrected chi connectivity index (χ0v) is 20.8. The van der Waals surface area contributed by atoms with E-state index >= 15 is 0 Å². The zero-order valence-electron chi connectivity index (χ0n) is 20.8. The molecule has 34 heavy (non-hydrogen) atoms. The number of rotatable bonds is 4. The Balaban J connectivity index is 1.92. The van der Waals surface area contributed by atoms with E-state index in [1.165, 1.54) is 24.6 Å². The van der Waals surface area contributed by atoms with Crippen molar-refractivity contribution in [3.8, 4) is 0 Å². The van der Waals surface area contributed by atoms with Crippen molar-refractivity contribution in [1.29, 1.82) is 0 Å². The molecule has 182 valence electrons. The molecule has 3 aromatic heterocycles. The fraction of sp³-hybridized carbons (Fsp3) is 0.545. The summed E-state index contributed by atoms with van der Waals surface area (Å²) in [5.41, 5.74) is -3.12. The van der Waals surface area contributed by atoms with Gasteiger partial charge in [-0.05, 0) is 34.1 Å². The molecule has 0 unspecified atom stereocenters. The summed E-state index contributed by atoms with van der Waals surface area (Å²) in [7, 11) is 6.60. The quantitative estimate of drug-likeness (QED) is 0.529. The number of hydrogen-bond acceptors (Lipinski definition) is 7.